The molecule has 0 radical (unpaired) electrons. The van der Waals surface area contributed by atoms with Gasteiger partial charge in [-0.05, 0) is 33.0 Å². The maximum atomic E-state index is 12.5. The number of benzene rings is 1. The minimum absolute atomic E-state index is 0.290. The number of halogens is 1. The molecule has 5 nitrogen and oxygen atoms in total. The number of amidine groups is 1. The first-order chi connectivity index (χ1) is 12.4. The fourth-order valence-electron chi connectivity index (χ4n) is 2.70. The van der Waals surface area contributed by atoms with Crippen LogP contribution >= 0.6 is 11.6 Å². The van der Waals surface area contributed by atoms with Crippen LogP contribution in [0.25, 0.3) is 0 Å². The molecule has 0 aliphatic carbocycles. The van der Waals surface area contributed by atoms with Gasteiger partial charge >= 0.3 is 5.97 Å². The van der Waals surface area contributed by atoms with E-state index in [2.05, 4.69) is 11.9 Å². The summed E-state index contributed by atoms with van der Waals surface area (Å²) in [6, 6.07) is 6.81. The summed E-state index contributed by atoms with van der Waals surface area (Å²) >= 11 is 6.38. The van der Waals surface area contributed by atoms with Crippen molar-refractivity contribution in [2.75, 3.05) is 13.7 Å². The molecule has 0 bridgehead atoms. The minimum atomic E-state index is -0.560. The molecule has 0 aromatic heterocycles. The smallest absolute Gasteiger partial charge is 0.338 e. The van der Waals surface area contributed by atoms with Crippen molar-refractivity contribution in [3.8, 4) is 0 Å². The van der Waals surface area contributed by atoms with Crippen molar-refractivity contribution in [3.05, 3.63) is 70.7 Å². The molecule has 1 aromatic carbocycles. The number of ether oxygens (including phenoxy) is 1. The van der Waals surface area contributed by atoms with Gasteiger partial charge < -0.3 is 15.0 Å². The predicted octanol–water partition coefficient (Wildman–Crippen LogP) is 4.20. The lowest BCUT2D eigenvalue weighted by Crippen LogP contribution is -2.36. The highest BCUT2D eigenvalue weighted by Crippen LogP contribution is 2.35. The number of carbonyl (C=O) groups is 1. The molecule has 1 heterocycles. The third kappa shape index (κ3) is 4.17. The van der Waals surface area contributed by atoms with Crippen molar-refractivity contribution < 1.29 is 9.53 Å². The molecule has 6 heteroatoms. The highest BCUT2D eigenvalue weighted by atomic mass is 35.5. The highest BCUT2D eigenvalue weighted by Gasteiger charge is 2.32. The molecule has 2 rings (SSSR count). The molecule has 1 atom stereocenters. The quantitative estimate of drug-likeness (QED) is 0.759. The average Bonchev–Trinajstić information content (AvgIpc) is 2.61. The normalized spacial score (nSPS) is 17.0. The number of allylic oxidation sites excluding steroid dienone is 2. The lowest BCUT2D eigenvalue weighted by atomic mass is 9.95. The van der Waals surface area contributed by atoms with Crippen LogP contribution < -0.4 is 5.32 Å². The number of aliphatic imine (C=N–C) groups is 1. The number of hydrogen-bond acceptors (Lipinski definition) is 5. The average molecular weight is 374 g/mol. The molecule has 0 saturated carbocycles. The van der Waals surface area contributed by atoms with E-state index in [1.165, 1.54) is 0 Å². The molecule has 1 aromatic rings. The van der Waals surface area contributed by atoms with Crippen LogP contribution in [0.3, 0.4) is 0 Å². The van der Waals surface area contributed by atoms with Crippen LogP contribution in [-0.2, 0) is 9.53 Å². The number of hydrogen-bond donors (Lipinski definition) is 1. The molecule has 1 aliphatic rings. The van der Waals surface area contributed by atoms with Gasteiger partial charge in [-0.15, -0.1) is 0 Å². The second-order valence-corrected chi connectivity index (χ2v) is 6.23. The van der Waals surface area contributed by atoms with Crippen LogP contribution in [0.5, 0.6) is 0 Å². The van der Waals surface area contributed by atoms with E-state index >= 15 is 0 Å². The summed E-state index contributed by atoms with van der Waals surface area (Å²) in [6.45, 7) is 9.92. The van der Waals surface area contributed by atoms with Gasteiger partial charge in [0.2, 0.25) is 0 Å². The Balaban J connectivity index is 2.53. The minimum Gasteiger partial charge on any atom is -0.463 e. The van der Waals surface area contributed by atoms with E-state index in [9.17, 15) is 4.79 Å². The molecule has 0 fully saturated rings. The van der Waals surface area contributed by atoms with Gasteiger partial charge in [0.25, 0.3) is 0 Å². The predicted molar refractivity (Wildman–Crippen MR) is 106 cm³/mol. The Bertz CT molecular complexity index is 796. The Hall–Kier alpha value is -2.53. The van der Waals surface area contributed by atoms with E-state index in [4.69, 9.17) is 21.3 Å². The van der Waals surface area contributed by atoms with Gasteiger partial charge in [0.05, 0.1) is 17.9 Å². The number of esters is 1. The van der Waals surface area contributed by atoms with Crippen LogP contribution in [0.1, 0.15) is 32.4 Å². The van der Waals surface area contributed by atoms with E-state index < -0.39 is 12.0 Å². The topological polar surface area (TPSA) is 53.9 Å². The van der Waals surface area contributed by atoms with E-state index in [1.807, 2.05) is 56.3 Å². The Morgan fingerprint density at radius 1 is 1.46 bits per heavy atom. The third-order valence-corrected chi connectivity index (χ3v) is 4.35. The van der Waals surface area contributed by atoms with Gasteiger partial charge in [-0.25, -0.2) is 4.79 Å². The van der Waals surface area contributed by atoms with Crippen LogP contribution in [0, 0.1) is 0 Å². The van der Waals surface area contributed by atoms with Crippen molar-refractivity contribution in [2.45, 2.75) is 26.8 Å². The number of rotatable bonds is 6. The zero-order valence-corrected chi connectivity index (χ0v) is 16.3. The maximum absolute atomic E-state index is 12.5. The zero-order valence-electron chi connectivity index (χ0n) is 15.5. The first-order valence-electron chi connectivity index (χ1n) is 8.42. The largest absolute Gasteiger partial charge is 0.463 e. The zero-order chi connectivity index (χ0) is 19.3. The van der Waals surface area contributed by atoms with Gasteiger partial charge in [-0.2, -0.15) is 0 Å². The van der Waals surface area contributed by atoms with Crippen LogP contribution in [0.2, 0.25) is 5.02 Å². The maximum Gasteiger partial charge on any atom is 0.338 e. The van der Waals surface area contributed by atoms with E-state index in [0.29, 0.717) is 27.8 Å². The molecule has 0 spiro atoms. The first kappa shape index (κ1) is 19.8. The fraction of sp³-hybridized carbons (Fsp3) is 0.300. The SMILES string of the molecule is C=C(C1=NC(c2ccccc2Cl)C(C(=O)OCC)=C(C)N1)N(C)/C=C\C. The number of nitrogens with zero attached hydrogens (tertiary/aromatic N) is 2. The van der Waals surface area contributed by atoms with E-state index in [0.717, 1.165) is 5.56 Å². The van der Waals surface area contributed by atoms with Gasteiger partial charge in [0.15, 0.2) is 0 Å². The van der Waals surface area contributed by atoms with Crippen LogP contribution in [0.15, 0.2) is 65.1 Å². The lowest BCUT2D eigenvalue weighted by molar-refractivity contribution is -0.138. The van der Waals surface area contributed by atoms with Crippen molar-refractivity contribution in [1.29, 1.82) is 0 Å². The number of nitrogens with one attached hydrogen (secondary N) is 1. The van der Waals surface area contributed by atoms with Crippen molar-refractivity contribution in [1.82, 2.24) is 10.2 Å². The van der Waals surface area contributed by atoms with Gasteiger partial charge in [-0.1, -0.05) is 42.5 Å². The Kier molecular flexibility index (Phi) is 6.64. The summed E-state index contributed by atoms with van der Waals surface area (Å²) in [4.78, 5) is 19.1. The second kappa shape index (κ2) is 8.72. The summed E-state index contributed by atoms with van der Waals surface area (Å²) in [5.74, 6) is 0.179. The number of likely N-dealkylation sites (N-methyl/N-ethyl adjacent to an activating group) is 1. The molecule has 138 valence electrons. The summed E-state index contributed by atoms with van der Waals surface area (Å²) < 4.78 is 5.23. The standard InChI is InChI=1S/C20H24ClN3O2/c1-6-12-24(5)14(4)19-22-13(3)17(20(25)26-7-2)18(23-19)15-10-8-9-11-16(15)21/h6,8-12,18H,4,7H2,1-3,5H3,(H,22,23)/b12-6-. The molecule has 1 N–H and O–H groups in total. The molecule has 0 amide bonds. The summed E-state index contributed by atoms with van der Waals surface area (Å²) in [5, 5.41) is 3.72. The molecule has 1 unspecified atom stereocenters. The molecule has 0 saturated heterocycles. The fourth-order valence-corrected chi connectivity index (χ4v) is 2.94. The second-order valence-electron chi connectivity index (χ2n) is 5.83. The van der Waals surface area contributed by atoms with E-state index in [-0.39, 0.29) is 6.61 Å². The molecular formula is C20H24ClN3O2. The van der Waals surface area contributed by atoms with E-state index in [1.54, 1.807) is 13.0 Å². The van der Waals surface area contributed by atoms with Crippen LogP contribution in [0.4, 0.5) is 0 Å². The van der Waals surface area contributed by atoms with Gasteiger partial charge in [0.1, 0.15) is 11.9 Å². The summed E-state index contributed by atoms with van der Waals surface area (Å²) in [7, 11) is 1.89. The van der Waals surface area contributed by atoms with Crippen molar-refractivity contribution in [3.63, 3.8) is 0 Å². The van der Waals surface area contributed by atoms with Gasteiger partial charge in [-0.3, -0.25) is 4.99 Å². The Morgan fingerprint density at radius 3 is 2.77 bits per heavy atom. The third-order valence-electron chi connectivity index (χ3n) is 4.01. The summed E-state index contributed by atoms with van der Waals surface area (Å²) in [6.07, 6.45) is 3.80. The molecule has 26 heavy (non-hydrogen) atoms. The molecule has 1 aliphatic heterocycles. The lowest BCUT2D eigenvalue weighted by Gasteiger charge is -2.29. The summed E-state index contributed by atoms with van der Waals surface area (Å²) in [5.41, 5.74) is 2.55. The van der Waals surface area contributed by atoms with Crippen LogP contribution in [-0.4, -0.2) is 30.4 Å². The van der Waals surface area contributed by atoms with Crippen molar-refractivity contribution >= 4 is 23.4 Å². The Morgan fingerprint density at radius 2 is 2.15 bits per heavy atom. The van der Waals surface area contributed by atoms with Crippen molar-refractivity contribution in [2.24, 2.45) is 4.99 Å². The van der Waals surface area contributed by atoms with Gasteiger partial charge in [0, 0.05) is 23.3 Å². The monoisotopic (exact) mass is 373 g/mol. The first-order valence-corrected chi connectivity index (χ1v) is 8.80. The number of carbonyl (C=O) groups excluding carboxylic acids is 1. The molecular weight excluding hydrogens is 350 g/mol. The highest BCUT2D eigenvalue weighted by molar-refractivity contribution is 6.31. The Labute approximate surface area is 159 Å².